The average Bonchev–Trinajstić information content (AvgIpc) is 3.50. The van der Waals surface area contributed by atoms with E-state index in [1.54, 1.807) is 7.11 Å². The largest absolute Gasteiger partial charge is 0.497 e. The Morgan fingerprint density at radius 1 is 1.16 bits per heavy atom. The van der Waals surface area contributed by atoms with E-state index in [0.717, 1.165) is 41.0 Å². The number of ether oxygens (including phenoxy) is 1. The molecule has 9 nitrogen and oxygen atoms in total. The Morgan fingerprint density at radius 2 is 1.94 bits per heavy atom. The number of anilines is 1. The first-order chi connectivity index (χ1) is 15.7. The molecule has 1 fully saturated rings. The Hall–Kier alpha value is -3.88. The number of H-pyrrole nitrogens is 1. The smallest absolute Gasteiger partial charge is 0.324 e. The molecule has 5 rings (SSSR count). The number of rotatable bonds is 6. The number of hydrogen-bond acceptors (Lipinski definition) is 7. The minimum absolute atomic E-state index is 0.0420. The Bertz CT molecular complexity index is 1170. The van der Waals surface area contributed by atoms with Crippen molar-refractivity contribution >= 4 is 23.0 Å². The number of amides is 1. The molecule has 0 bridgehead atoms. The third kappa shape index (κ3) is 4.14. The van der Waals surface area contributed by atoms with E-state index in [2.05, 4.69) is 25.4 Å². The lowest BCUT2D eigenvalue weighted by Crippen LogP contribution is -2.40. The van der Waals surface area contributed by atoms with Crippen molar-refractivity contribution in [2.24, 2.45) is 5.92 Å². The molecule has 2 aromatic heterocycles. The lowest BCUT2D eigenvalue weighted by Gasteiger charge is -2.29. The molecule has 2 aromatic carbocycles. The van der Waals surface area contributed by atoms with Crippen molar-refractivity contribution in [1.29, 1.82) is 0 Å². The summed E-state index contributed by atoms with van der Waals surface area (Å²) >= 11 is 0. The molecule has 3 heterocycles. The first kappa shape index (κ1) is 20.0. The predicted molar refractivity (Wildman–Crippen MR) is 119 cm³/mol. The third-order valence-electron chi connectivity index (χ3n) is 5.77. The minimum Gasteiger partial charge on any atom is -0.497 e. The third-order valence-corrected chi connectivity index (χ3v) is 5.77. The molecule has 1 amide bonds. The molecule has 9 heteroatoms. The molecular weight excluding hydrogens is 408 g/mol. The zero-order valence-electron chi connectivity index (χ0n) is 17.7. The Labute approximate surface area is 184 Å². The predicted octanol–water partition coefficient (Wildman–Crippen LogP) is 3.15. The average molecular weight is 432 g/mol. The fraction of sp³-hybridized carbons (Fsp3) is 0.304. The maximum atomic E-state index is 12.6. The number of carbonyl (C=O) groups excluding carboxylic acids is 1. The SMILES string of the molecule is COc1ccc(-c2noc(N3CCC(C(=O)NCc4nc5ccccc5[nH]4)CC3)n2)cc1. The summed E-state index contributed by atoms with van der Waals surface area (Å²) in [6.07, 6.45) is 1.46. The van der Waals surface area contributed by atoms with Gasteiger partial charge in [-0.05, 0) is 49.2 Å². The van der Waals surface area contributed by atoms with E-state index >= 15 is 0 Å². The van der Waals surface area contributed by atoms with Crippen LogP contribution in [0.25, 0.3) is 22.4 Å². The maximum absolute atomic E-state index is 12.6. The van der Waals surface area contributed by atoms with Crippen molar-refractivity contribution in [3.05, 3.63) is 54.4 Å². The summed E-state index contributed by atoms with van der Waals surface area (Å²) in [6.45, 7) is 1.77. The first-order valence-electron chi connectivity index (χ1n) is 10.6. The van der Waals surface area contributed by atoms with E-state index in [4.69, 9.17) is 9.26 Å². The van der Waals surface area contributed by atoms with Gasteiger partial charge in [0.2, 0.25) is 11.7 Å². The van der Waals surface area contributed by atoms with Gasteiger partial charge >= 0.3 is 6.01 Å². The van der Waals surface area contributed by atoms with Crippen molar-refractivity contribution in [3.63, 3.8) is 0 Å². The summed E-state index contributed by atoms with van der Waals surface area (Å²) in [6, 6.07) is 15.8. The van der Waals surface area contributed by atoms with Crippen LogP contribution in [-0.4, -0.2) is 46.2 Å². The molecule has 0 unspecified atom stereocenters. The second kappa shape index (κ2) is 8.70. The summed E-state index contributed by atoms with van der Waals surface area (Å²) in [5.41, 5.74) is 2.73. The van der Waals surface area contributed by atoms with E-state index in [9.17, 15) is 4.79 Å². The molecule has 164 valence electrons. The van der Waals surface area contributed by atoms with E-state index < -0.39 is 0 Å². The van der Waals surface area contributed by atoms with Crippen LogP contribution in [0.1, 0.15) is 18.7 Å². The fourth-order valence-electron chi connectivity index (χ4n) is 3.94. The summed E-state index contributed by atoms with van der Waals surface area (Å²) < 4.78 is 10.6. The van der Waals surface area contributed by atoms with Gasteiger partial charge in [0.15, 0.2) is 0 Å². The van der Waals surface area contributed by atoms with Crippen molar-refractivity contribution in [2.45, 2.75) is 19.4 Å². The van der Waals surface area contributed by atoms with Crippen LogP contribution in [0.15, 0.2) is 53.1 Å². The topological polar surface area (TPSA) is 109 Å². The molecule has 2 N–H and O–H groups in total. The lowest BCUT2D eigenvalue weighted by atomic mass is 9.96. The number of imidazole rings is 1. The quantitative estimate of drug-likeness (QED) is 0.482. The normalized spacial score (nSPS) is 14.6. The molecular formula is C23H24N6O3. The highest BCUT2D eigenvalue weighted by Crippen LogP contribution is 2.26. The van der Waals surface area contributed by atoms with Crippen LogP contribution in [0.5, 0.6) is 5.75 Å². The van der Waals surface area contributed by atoms with Gasteiger partial charge in [0.05, 0.1) is 24.7 Å². The Kier molecular flexibility index (Phi) is 5.45. The standard InChI is InChI=1S/C23H24N6O3/c1-31-17-8-6-15(7-9-17)21-27-23(32-28-21)29-12-10-16(11-13-29)22(30)24-14-20-25-18-4-2-3-5-19(18)26-20/h2-9,16H,10-14H2,1H3,(H,24,30)(H,25,26). The Balaban J connectivity index is 1.14. The van der Waals surface area contributed by atoms with E-state index in [-0.39, 0.29) is 11.8 Å². The van der Waals surface area contributed by atoms with Gasteiger partial charge < -0.3 is 24.5 Å². The highest BCUT2D eigenvalue weighted by atomic mass is 16.5. The molecule has 0 saturated carbocycles. The van der Waals surface area contributed by atoms with Crippen LogP contribution in [0.2, 0.25) is 0 Å². The van der Waals surface area contributed by atoms with Gasteiger partial charge in [-0.2, -0.15) is 4.98 Å². The first-order valence-corrected chi connectivity index (χ1v) is 10.6. The highest BCUT2D eigenvalue weighted by Gasteiger charge is 2.27. The van der Waals surface area contributed by atoms with Gasteiger partial charge in [0, 0.05) is 24.6 Å². The molecule has 0 radical (unpaired) electrons. The van der Waals surface area contributed by atoms with Gasteiger partial charge in [-0.3, -0.25) is 4.79 Å². The number of piperidine rings is 1. The van der Waals surface area contributed by atoms with Crippen LogP contribution in [0.3, 0.4) is 0 Å². The molecule has 0 aliphatic carbocycles. The number of fused-ring (bicyclic) bond motifs is 1. The summed E-state index contributed by atoms with van der Waals surface area (Å²) in [5.74, 6) is 2.08. The summed E-state index contributed by atoms with van der Waals surface area (Å²) in [5, 5.41) is 7.10. The molecule has 1 saturated heterocycles. The fourth-order valence-corrected chi connectivity index (χ4v) is 3.94. The number of nitrogens with one attached hydrogen (secondary N) is 2. The van der Waals surface area contributed by atoms with E-state index in [1.165, 1.54) is 0 Å². The Morgan fingerprint density at radius 3 is 2.69 bits per heavy atom. The van der Waals surface area contributed by atoms with Gasteiger partial charge in [0.25, 0.3) is 0 Å². The van der Waals surface area contributed by atoms with Crippen LogP contribution in [0.4, 0.5) is 6.01 Å². The van der Waals surface area contributed by atoms with Gasteiger partial charge in [-0.1, -0.05) is 17.3 Å². The molecule has 4 aromatic rings. The zero-order chi connectivity index (χ0) is 21.9. The van der Waals surface area contributed by atoms with Crippen molar-refractivity contribution in [2.75, 3.05) is 25.1 Å². The summed E-state index contributed by atoms with van der Waals surface area (Å²) in [4.78, 5) is 26.9. The number of nitrogens with zero attached hydrogens (tertiary/aromatic N) is 4. The lowest BCUT2D eigenvalue weighted by molar-refractivity contribution is -0.125. The van der Waals surface area contributed by atoms with Crippen molar-refractivity contribution < 1.29 is 14.1 Å². The monoisotopic (exact) mass is 432 g/mol. The van der Waals surface area contributed by atoms with E-state index in [0.29, 0.717) is 31.5 Å². The number of methoxy groups -OCH3 is 1. The van der Waals surface area contributed by atoms with Gasteiger partial charge in [-0.15, -0.1) is 0 Å². The highest BCUT2D eigenvalue weighted by molar-refractivity contribution is 5.79. The summed E-state index contributed by atoms with van der Waals surface area (Å²) in [7, 11) is 1.63. The van der Waals surface area contributed by atoms with Crippen molar-refractivity contribution in [1.82, 2.24) is 25.4 Å². The van der Waals surface area contributed by atoms with Crippen LogP contribution in [0, 0.1) is 5.92 Å². The number of carbonyl (C=O) groups is 1. The van der Waals surface area contributed by atoms with E-state index in [1.807, 2.05) is 53.4 Å². The minimum atomic E-state index is -0.0420. The van der Waals surface area contributed by atoms with Crippen molar-refractivity contribution in [3.8, 4) is 17.1 Å². The molecule has 1 aliphatic heterocycles. The van der Waals surface area contributed by atoms with Gasteiger partial charge in [0.1, 0.15) is 11.6 Å². The second-order valence-electron chi connectivity index (χ2n) is 7.81. The molecule has 1 aliphatic rings. The number of benzene rings is 2. The molecule has 0 spiro atoms. The number of para-hydroxylation sites is 2. The van der Waals surface area contributed by atoms with Crippen LogP contribution in [-0.2, 0) is 11.3 Å². The number of aromatic nitrogens is 4. The number of hydrogen-bond donors (Lipinski definition) is 2. The molecule has 0 atom stereocenters. The van der Waals surface area contributed by atoms with Gasteiger partial charge in [-0.25, -0.2) is 4.98 Å². The second-order valence-corrected chi connectivity index (χ2v) is 7.81. The number of aromatic amines is 1. The zero-order valence-corrected chi connectivity index (χ0v) is 17.7. The van der Waals surface area contributed by atoms with Crippen LogP contribution < -0.4 is 15.0 Å². The van der Waals surface area contributed by atoms with Crippen LogP contribution >= 0.6 is 0 Å². The molecule has 32 heavy (non-hydrogen) atoms. The maximum Gasteiger partial charge on any atom is 0.324 e.